The summed E-state index contributed by atoms with van der Waals surface area (Å²) >= 11 is 15.5. The molecule has 12 heteroatoms. The van der Waals surface area contributed by atoms with E-state index in [1.54, 1.807) is 0 Å². The molecular formula is C120H192O4S8. The van der Waals surface area contributed by atoms with Crippen molar-refractivity contribution in [1.29, 1.82) is 0 Å². The first-order valence-electron chi connectivity index (χ1n) is 55.0. The fourth-order valence-corrected chi connectivity index (χ4v) is 30.2. The Bertz CT molecular complexity index is 4410. The van der Waals surface area contributed by atoms with Crippen molar-refractivity contribution in [3.8, 4) is 62.0 Å². The van der Waals surface area contributed by atoms with Crippen molar-refractivity contribution in [2.45, 2.75) is 522 Å². The summed E-state index contributed by atoms with van der Waals surface area (Å²) < 4.78 is 27.9. The molecule has 0 aliphatic carbocycles. The zero-order valence-electron chi connectivity index (χ0n) is 88.9. The van der Waals surface area contributed by atoms with E-state index in [1.165, 1.54) is 401 Å². The average molecular weight is 1960 g/mol. The number of hydrogen-bond donors (Lipinski definition) is 0. The largest absolute Gasteiger partial charge is 0.481 e. The minimum atomic E-state index is -0.169. The Balaban J connectivity index is 0.000000203. The predicted octanol–water partition coefficient (Wildman–Crippen LogP) is 44.3. The number of fused-ring (bicyclic) bond motifs is 12. The van der Waals surface area contributed by atoms with Crippen LogP contribution >= 0.6 is 90.7 Å². The molecule has 4 atom stereocenters. The average Bonchev–Trinajstić information content (AvgIpc) is 1.60. The summed E-state index contributed by atoms with van der Waals surface area (Å²) in [6.45, 7) is 55.8. The maximum atomic E-state index is 7.21. The minimum absolute atomic E-state index is 0.0951. The van der Waals surface area contributed by atoms with Gasteiger partial charge in [-0.05, 0) is 254 Å². The van der Waals surface area contributed by atoms with Crippen molar-refractivity contribution in [3.05, 3.63) is 110 Å². The summed E-state index contributed by atoms with van der Waals surface area (Å²) in [5.41, 5.74) is 5.46. The molecule has 12 rings (SSSR count). The van der Waals surface area contributed by atoms with E-state index in [1.807, 2.05) is 90.7 Å². The molecule has 132 heavy (non-hydrogen) atoms. The maximum Gasteiger partial charge on any atom is 0.140 e. The molecule has 4 aliphatic rings. The lowest BCUT2D eigenvalue weighted by Gasteiger charge is -2.39. The van der Waals surface area contributed by atoms with Crippen LogP contribution in [0.5, 0.6) is 23.0 Å². The molecule has 8 aromatic heterocycles. The highest BCUT2D eigenvalue weighted by Crippen LogP contribution is 2.61. The summed E-state index contributed by atoms with van der Waals surface area (Å²) in [6.07, 6.45) is 69.1. The fourth-order valence-electron chi connectivity index (χ4n) is 21.5. The second-order valence-electron chi connectivity index (χ2n) is 44.3. The second kappa shape index (κ2) is 57.6. The van der Waals surface area contributed by atoms with Crippen LogP contribution in [0.25, 0.3) is 39.0 Å². The molecular weight excluding hydrogens is 1760 g/mol. The van der Waals surface area contributed by atoms with Gasteiger partial charge in [0.1, 0.15) is 45.4 Å². The van der Waals surface area contributed by atoms with Crippen LogP contribution in [0, 0.1) is 103 Å². The molecule has 0 fully saturated rings. The molecule has 0 N–H and O–H groups in total. The van der Waals surface area contributed by atoms with E-state index in [9.17, 15) is 0 Å². The van der Waals surface area contributed by atoms with Gasteiger partial charge < -0.3 is 18.9 Å². The van der Waals surface area contributed by atoms with Gasteiger partial charge in [0.15, 0.2) is 0 Å². The first kappa shape index (κ1) is 112. The number of unbranched alkanes of at least 4 members (excludes halogenated alkanes) is 24. The molecule has 4 aliphatic heterocycles. The van der Waals surface area contributed by atoms with Gasteiger partial charge in [0.25, 0.3) is 0 Å². The van der Waals surface area contributed by atoms with Crippen LogP contribution in [-0.2, 0) is 22.4 Å². The van der Waals surface area contributed by atoms with E-state index in [0.29, 0.717) is 11.8 Å². The highest BCUT2D eigenvalue weighted by molar-refractivity contribution is 7.24. The molecule has 12 heterocycles. The van der Waals surface area contributed by atoms with Gasteiger partial charge in [-0.1, -0.05) is 342 Å². The van der Waals surface area contributed by atoms with Gasteiger partial charge in [-0.15, -0.1) is 90.7 Å². The Morgan fingerprint density at radius 2 is 0.364 bits per heavy atom. The lowest BCUT2D eigenvalue weighted by molar-refractivity contribution is 0.0322. The van der Waals surface area contributed by atoms with Gasteiger partial charge in [-0.2, -0.15) is 0 Å². The lowest BCUT2D eigenvalue weighted by atomic mass is 9.78. The van der Waals surface area contributed by atoms with Crippen LogP contribution in [-0.4, -0.2) is 0 Å². The van der Waals surface area contributed by atoms with Gasteiger partial charge in [-0.3, -0.25) is 0 Å². The molecule has 0 bridgehead atoms. The number of rotatable bonds is 60. The first-order valence-corrected chi connectivity index (χ1v) is 61.5. The number of aryl methyl sites for hydroxylation is 8. The minimum Gasteiger partial charge on any atom is -0.481 e. The Morgan fingerprint density at radius 3 is 0.591 bits per heavy atom. The topological polar surface area (TPSA) is 36.9 Å². The number of ether oxygens (including phenoxy) is 4. The molecule has 4 unspecified atom stereocenters. The standard InChI is InChI=1S/C41H70OS2.C35H58OS2.C23H34OS2.C21H30OS2/c1-29(2)15-11-17-31(5)19-13-21-33(7)23-25-41(26-24-34(8)22-14-20-32(6)18-12-16-30(3)4)37-27-35(9)43-39(37)40-38(42-41)28-36(10)44-40;1-5-7-9-11-13-15-17-19-21-23-25-35(26-24-22-20-18-16-14-12-10-8-6-2)31-27-29(3)37-33(31)34-32(36-35)28-30(4)38-34;1-5-7-9-11-13-23(14-12-10-8-6-2)19-15-17(3)25-21(19)22-20(24-23)16-18(4)26-22;1-13(2)7-9-21(10-8-14(3)4)17-11-15(5)23-19(17)20-18(22-21)12-16(6)24-20/h27-34H,11-26H2,1-10H3;27-28H,5-26H2,1-4H3;15-16H,5-14H2,1-4H3;11-14H,7-10H2,1-6H3. The maximum absolute atomic E-state index is 7.21. The highest BCUT2D eigenvalue weighted by atomic mass is 32.1. The third-order valence-electron chi connectivity index (χ3n) is 29.5. The first-order chi connectivity index (χ1) is 63.4. The molecule has 0 saturated carbocycles. The third-order valence-corrected chi connectivity index (χ3v) is 38.5. The highest BCUT2D eigenvalue weighted by Gasteiger charge is 2.47. The van der Waals surface area contributed by atoms with Crippen molar-refractivity contribution in [2.24, 2.45) is 47.3 Å². The van der Waals surface area contributed by atoms with Crippen molar-refractivity contribution < 1.29 is 18.9 Å². The molecule has 0 radical (unpaired) electrons. The van der Waals surface area contributed by atoms with E-state index in [0.717, 1.165) is 91.3 Å². The van der Waals surface area contributed by atoms with Crippen molar-refractivity contribution in [3.63, 3.8) is 0 Å². The van der Waals surface area contributed by atoms with Gasteiger partial charge in [0.05, 0.1) is 39.0 Å². The molecule has 0 spiro atoms. The van der Waals surface area contributed by atoms with Crippen molar-refractivity contribution >= 4 is 90.7 Å². The quantitative estimate of drug-likeness (QED) is 0.0356. The zero-order chi connectivity index (χ0) is 95.4. The molecule has 4 nitrogen and oxygen atoms in total. The summed E-state index contributed by atoms with van der Waals surface area (Å²) in [6, 6.07) is 18.9. The van der Waals surface area contributed by atoms with Crippen LogP contribution in [0.2, 0.25) is 0 Å². The van der Waals surface area contributed by atoms with Crippen molar-refractivity contribution in [2.75, 3.05) is 0 Å². The van der Waals surface area contributed by atoms with Crippen LogP contribution in [0.3, 0.4) is 0 Å². The third kappa shape index (κ3) is 34.6. The van der Waals surface area contributed by atoms with Crippen LogP contribution < -0.4 is 18.9 Å². The zero-order valence-corrected chi connectivity index (χ0v) is 95.4. The molecule has 744 valence electrons. The summed E-state index contributed by atoms with van der Waals surface area (Å²) in [7, 11) is 0. The molecule has 0 aromatic carbocycles. The Morgan fingerprint density at radius 1 is 0.189 bits per heavy atom. The second-order valence-corrected chi connectivity index (χ2v) is 54.4. The molecule has 0 saturated heterocycles. The van der Waals surface area contributed by atoms with E-state index in [-0.39, 0.29) is 22.4 Å². The van der Waals surface area contributed by atoms with Gasteiger partial charge in [0.2, 0.25) is 0 Å². The van der Waals surface area contributed by atoms with Crippen LogP contribution in [0.1, 0.15) is 506 Å². The smallest absolute Gasteiger partial charge is 0.140 e. The van der Waals surface area contributed by atoms with Gasteiger partial charge in [-0.25, -0.2) is 0 Å². The SMILES string of the molecule is CCCCCCC1(CCCCCC)Oc2cc(C)sc2-c2sc(C)cc21.CCCCCCCCCCCCC1(CCCCCCCCCCCC)Oc2cc(C)sc2-c2sc(C)cc21.Cc1cc2c(s1)-c1sc(C)cc1C(CCC(C)C)(CCC(C)C)O2.Cc1cc2c(s1)-c1sc(C)cc1C(CCC(C)CCCC(C)CCCC(C)C)(CCC(C)CCCC(C)CCCC(C)C)O2. The van der Waals surface area contributed by atoms with E-state index in [4.69, 9.17) is 18.9 Å². The molecule has 0 amide bonds. The van der Waals surface area contributed by atoms with Crippen LogP contribution in [0.4, 0.5) is 0 Å². The molecule has 8 aromatic rings. The lowest BCUT2D eigenvalue weighted by Crippen LogP contribution is -2.36. The normalized spacial score (nSPS) is 16.1. The monoisotopic (exact) mass is 1950 g/mol. The Labute approximate surface area is 844 Å². The van der Waals surface area contributed by atoms with Gasteiger partial charge >= 0.3 is 0 Å². The van der Waals surface area contributed by atoms with Gasteiger partial charge in [0, 0.05) is 61.3 Å². The van der Waals surface area contributed by atoms with Crippen molar-refractivity contribution in [1.82, 2.24) is 0 Å². The number of hydrogen-bond acceptors (Lipinski definition) is 12. The van der Waals surface area contributed by atoms with E-state index < -0.39 is 0 Å². The Hall–Kier alpha value is -3.20. The van der Waals surface area contributed by atoms with E-state index >= 15 is 0 Å². The Kier molecular flexibility index (Phi) is 49.1. The van der Waals surface area contributed by atoms with Crippen LogP contribution in [0.15, 0.2) is 48.5 Å². The summed E-state index contributed by atoms with van der Waals surface area (Å²) in [4.78, 5) is 22.6. The summed E-state index contributed by atoms with van der Waals surface area (Å²) in [5, 5.41) is 0. The number of thiophene rings is 8. The van der Waals surface area contributed by atoms with E-state index in [2.05, 4.69) is 215 Å². The summed E-state index contributed by atoms with van der Waals surface area (Å²) in [5.74, 6) is 10.9. The fraction of sp³-hybridized carbons (Fsp3) is 0.733. The predicted molar refractivity (Wildman–Crippen MR) is 596 cm³/mol.